The van der Waals surface area contributed by atoms with Crippen LogP contribution in [0, 0.1) is 0 Å². The van der Waals surface area contributed by atoms with Crippen LogP contribution in [0.1, 0.15) is 31.7 Å². The zero-order valence-electron chi connectivity index (χ0n) is 11.8. The van der Waals surface area contributed by atoms with Gasteiger partial charge < -0.3 is 10.1 Å². The van der Waals surface area contributed by atoms with E-state index in [9.17, 15) is 0 Å². The molecule has 106 valence electrons. The van der Waals surface area contributed by atoms with E-state index in [1.165, 1.54) is 0 Å². The van der Waals surface area contributed by atoms with Crippen molar-refractivity contribution >= 4 is 23.2 Å². The van der Waals surface area contributed by atoms with Crippen molar-refractivity contribution in [3.8, 4) is 5.88 Å². The highest BCUT2D eigenvalue weighted by atomic mass is 35.5. The zero-order chi connectivity index (χ0) is 14.5. The molecule has 2 rings (SSSR count). The topological polar surface area (TPSA) is 47.0 Å². The third kappa shape index (κ3) is 3.84. The van der Waals surface area contributed by atoms with Crippen LogP contribution in [-0.4, -0.2) is 16.1 Å². The van der Waals surface area contributed by atoms with Gasteiger partial charge in [0.2, 0.25) is 11.8 Å². The van der Waals surface area contributed by atoms with Gasteiger partial charge in [0.05, 0.1) is 11.5 Å². The molecular weight excluding hydrogens is 274 g/mol. The first kappa shape index (κ1) is 14.6. The Labute approximate surface area is 124 Å². The largest absolute Gasteiger partial charge is 0.475 e. The van der Waals surface area contributed by atoms with Crippen molar-refractivity contribution in [2.75, 3.05) is 5.32 Å². The van der Waals surface area contributed by atoms with E-state index in [4.69, 9.17) is 16.3 Å². The number of para-hydroxylation sites is 1. The maximum absolute atomic E-state index is 6.17. The molecular formula is C15H18ClN3O. The lowest BCUT2D eigenvalue weighted by Crippen LogP contribution is -2.08. The predicted molar refractivity (Wildman–Crippen MR) is 81.8 cm³/mol. The van der Waals surface area contributed by atoms with Gasteiger partial charge in [0.25, 0.3) is 0 Å². The van der Waals surface area contributed by atoms with Gasteiger partial charge in [-0.05, 0) is 32.4 Å². The highest BCUT2D eigenvalue weighted by molar-refractivity contribution is 6.21. The summed E-state index contributed by atoms with van der Waals surface area (Å²) in [6, 6.07) is 9.57. The minimum Gasteiger partial charge on any atom is -0.475 e. The Morgan fingerprint density at radius 3 is 2.60 bits per heavy atom. The second-order valence-electron chi connectivity index (χ2n) is 4.71. The van der Waals surface area contributed by atoms with Crippen molar-refractivity contribution in [1.82, 2.24) is 9.97 Å². The van der Waals surface area contributed by atoms with Crippen LogP contribution < -0.4 is 10.1 Å². The van der Waals surface area contributed by atoms with Crippen LogP contribution in [0.5, 0.6) is 5.88 Å². The van der Waals surface area contributed by atoms with Crippen LogP contribution in [0.4, 0.5) is 11.6 Å². The van der Waals surface area contributed by atoms with E-state index in [0.717, 1.165) is 11.3 Å². The zero-order valence-corrected chi connectivity index (χ0v) is 12.6. The van der Waals surface area contributed by atoms with Crippen molar-refractivity contribution in [1.29, 1.82) is 0 Å². The average molecular weight is 292 g/mol. The minimum absolute atomic E-state index is 0.0768. The summed E-state index contributed by atoms with van der Waals surface area (Å²) < 4.78 is 5.55. The maximum atomic E-state index is 6.17. The average Bonchev–Trinajstić information content (AvgIpc) is 2.38. The molecule has 1 heterocycles. The van der Waals surface area contributed by atoms with Gasteiger partial charge in [0.1, 0.15) is 0 Å². The molecule has 5 heteroatoms. The fourth-order valence-electron chi connectivity index (χ4n) is 1.79. The fraction of sp³-hybridized carbons (Fsp3) is 0.333. The molecule has 20 heavy (non-hydrogen) atoms. The van der Waals surface area contributed by atoms with Crippen molar-refractivity contribution in [3.63, 3.8) is 0 Å². The Balaban J connectivity index is 2.22. The van der Waals surface area contributed by atoms with Gasteiger partial charge >= 0.3 is 0 Å². The quantitative estimate of drug-likeness (QED) is 0.834. The van der Waals surface area contributed by atoms with E-state index in [1.54, 1.807) is 12.3 Å². The number of anilines is 2. The molecule has 0 aliphatic heterocycles. The lowest BCUT2D eigenvalue weighted by molar-refractivity contribution is 0.232. The normalized spacial score (nSPS) is 12.2. The van der Waals surface area contributed by atoms with Crippen molar-refractivity contribution < 1.29 is 4.74 Å². The summed E-state index contributed by atoms with van der Waals surface area (Å²) in [5.74, 6) is 1.04. The Morgan fingerprint density at radius 1 is 1.15 bits per heavy atom. The van der Waals surface area contributed by atoms with Crippen LogP contribution in [0.3, 0.4) is 0 Å². The number of rotatable bonds is 5. The Kier molecular flexibility index (Phi) is 4.79. The Morgan fingerprint density at radius 2 is 1.90 bits per heavy atom. The fourth-order valence-corrected chi connectivity index (χ4v) is 1.98. The first-order valence-electron chi connectivity index (χ1n) is 6.56. The molecule has 0 spiro atoms. The molecule has 1 aromatic carbocycles. The predicted octanol–water partition coefficient (Wildman–Crippen LogP) is 4.31. The number of aromatic nitrogens is 2. The van der Waals surface area contributed by atoms with Crippen molar-refractivity contribution in [3.05, 3.63) is 42.1 Å². The third-order valence-corrected chi connectivity index (χ3v) is 2.86. The summed E-state index contributed by atoms with van der Waals surface area (Å²) in [6.07, 6.45) is 1.74. The van der Waals surface area contributed by atoms with E-state index in [1.807, 2.05) is 45.0 Å². The summed E-state index contributed by atoms with van der Waals surface area (Å²) in [5, 5.41) is 3.09. The highest BCUT2D eigenvalue weighted by Crippen LogP contribution is 2.28. The molecule has 2 aromatic rings. The van der Waals surface area contributed by atoms with Gasteiger partial charge in [-0.25, -0.2) is 4.98 Å². The van der Waals surface area contributed by atoms with Gasteiger partial charge in [-0.1, -0.05) is 18.2 Å². The number of nitrogens with one attached hydrogen (secondary N) is 1. The van der Waals surface area contributed by atoms with Crippen LogP contribution in [0.15, 0.2) is 36.5 Å². The second kappa shape index (κ2) is 6.57. The van der Waals surface area contributed by atoms with Gasteiger partial charge in [0, 0.05) is 18.0 Å². The molecule has 0 saturated heterocycles. The number of hydrogen-bond donors (Lipinski definition) is 1. The van der Waals surface area contributed by atoms with Crippen LogP contribution in [0.2, 0.25) is 0 Å². The van der Waals surface area contributed by atoms with E-state index >= 15 is 0 Å². The van der Waals surface area contributed by atoms with E-state index in [2.05, 4.69) is 15.3 Å². The molecule has 0 bridgehead atoms. The standard InChI is InChI=1S/C15H18ClN3O/c1-10(2)20-14-8-9-17-15(19-14)18-13-7-5-4-6-12(13)11(3)16/h4-11H,1-3H3,(H,17,18,19). The molecule has 0 radical (unpaired) electrons. The van der Waals surface area contributed by atoms with Crippen molar-refractivity contribution in [2.24, 2.45) is 0 Å². The van der Waals surface area contributed by atoms with Crippen molar-refractivity contribution in [2.45, 2.75) is 32.3 Å². The van der Waals surface area contributed by atoms with E-state index < -0.39 is 0 Å². The molecule has 1 atom stereocenters. The minimum atomic E-state index is -0.0891. The number of nitrogens with zero attached hydrogens (tertiary/aromatic N) is 2. The molecule has 1 unspecified atom stereocenters. The molecule has 4 nitrogen and oxygen atoms in total. The number of benzene rings is 1. The molecule has 0 aliphatic carbocycles. The molecule has 0 saturated carbocycles. The first-order valence-corrected chi connectivity index (χ1v) is 6.99. The molecule has 0 fully saturated rings. The SMILES string of the molecule is CC(C)Oc1ccnc(Nc2ccccc2C(C)Cl)n1. The number of hydrogen-bond acceptors (Lipinski definition) is 4. The molecule has 1 N–H and O–H groups in total. The molecule has 1 aromatic heterocycles. The summed E-state index contributed by atoms with van der Waals surface area (Å²) in [4.78, 5) is 8.52. The molecule has 0 aliphatic rings. The van der Waals surface area contributed by atoms with Gasteiger partial charge in [-0.3, -0.25) is 0 Å². The number of ether oxygens (including phenoxy) is 1. The summed E-state index contributed by atoms with van der Waals surface area (Å²) in [7, 11) is 0. The van der Waals surface area contributed by atoms with E-state index in [0.29, 0.717) is 11.8 Å². The smallest absolute Gasteiger partial charge is 0.230 e. The molecule has 0 amide bonds. The number of alkyl halides is 1. The highest BCUT2D eigenvalue weighted by Gasteiger charge is 2.09. The van der Waals surface area contributed by atoms with Crippen LogP contribution >= 0.6 is 11.6 Å². The summed E-state index contributed by atoms with van der Waals surface area (Å²) in [5.41, 5.74) is 1.91. The first-order chi connectivity index (χ1) is 9.56. The Hall–Kier alpha value is -1.81. The third-order valence-electron chi connectivity index (χ3n) is 2.62. The van der Waals surface area contributed by atoms with Crippen LogP contribution in [0.25, 0.3) is 0 Å². The van der Waals surface area contributed by atoms with Gasteiger partial charge in [-0.15, -0.1) is 11.6 Å². The van der Waals surface area contributed by atoms with Crippen LogP contribution in [-0.2, 0) is 0 Å². The summed E-state index contributed by atoms with van der Waals surface area (Å²) in [6.45, 7) is 5.85. The van der Waals surface area contributed by atoms with E-state index in [-0.39, 0.29) is 11.5 Å². The monoisotopic (exact) mass is 291 g/mol. The Bertz CT molecular complexity index is 573. The lowest BCUT2D eigenvalue weighted by Gasteiger charge is -2.13. The second-order valence-corrected chi connectivity index (χ2v) is 5.37. The summed E-state index contributed by atoms with van der Waals surface area (Å²) >= 11 is 6.17. The maximum Gasteiger partial charge on any atom is 0.230 e. The van der Waals surface area contributed by atoms with Gasteiger partial charge in [0.15, 0.2) is 0 Å². The van der Waals surface area contributed by atoms with Gasteiger partial charge in [-0.2, -0.15) is 4.98 Å². The lowest BCUT2D eigenvalue weighted by atomic mass is 10.1. The number of halogens is 1.